The van der Waals surface area contributed by atoms with Gasteiger partial charge in [-0.25, -0.2) is 4.79 Å². The zero-order chi connectivity index (χ0) is 23.2. The number of benzene rings is 2. The van der Waals surface area contributed by atoms with Crippen LogP contribution in [0.3, 0.4) is 0 Å². The molecule has 3 amide bonds. The molecule has 2 aromatic carbocycles. The maximum atomic E-state index is 13.1. The van der Waals surface area contributed by atoms with E-state index in [4.69, 9.17) is 0 Å². The summed E-state index contributed by atoms with van der Waals surface area (Å²) in [7, 11) is 0. The zero-order valence-corrected chi connectivity index (χ0v) is 19.8. The second kappa shape index (κ2) is 10.7. The Morgan fingerprint density at radius 1 is 1.03 bits per heavy atom. The number of hydrogen-bond donors (Lipinski definition) is 3. The van der Waals surface area contributed by atoms with E-state index in [-0.39, 0.29) is 18.0 Å². The fourth-order valence-electron chi connectivity index (χ4n) is 4.76. The molecule has 0 spiro atoms. The molecule has 1 heterocycles. The number of nitrogens with zero attached hydrogens (tertiary/aromatic N) is 1. The van der Waals surface area contributed by atoms with E-state index in [9.17, 15) is 9.59 Å². The highest BCUT2D eigenvalue weighted by atomic mass is 16.2. The molecule has 0 atom stereocenters. The van der Waals surface area contributed by atoms with Crippen LogP contribution in [-0.2, 0) is 13.0 Å². The Hall–Kier alpha value is -3.02. The molecule has 1 fully saturated rings. The van der Waals surface area contributed by atoms with Gasteiger partial charge in [-0.15, -0.1) is 0 Å². The largest absolute Gasteiger partial charge is 0.366 e. The van der Waals surface area contributed by atoms with Gasteiger partial charge in [-0.3, -0.25) is 4.79 Å². The Morgan fingerprint density at radius 3 is 2.55 bits per heavy atom. The number of rotatable bonds is 6. The van der Waals surface area contributed by atoms with Crippen molar-refractivity contribution in [1.29, 1.82) is 0 Å². The van der Waals surface area contributed by atoms with Gasteiger partial charge in [0.05, 0.1) is 5.56 Å². The molecule has 0 aromatic heterocycles. The highest BCUT2D eigenvalue weighted by Gasteiger charge is 2.22. The van der Waals surface area contributed by atoms with Crippen LogP contribution in [-0.4, -0.2) is 31.1 Å². The van der Waals surface area contributed by atoms with Gasteiger partial charge >= 0.3 is 6.03 Å². The molecule has 6 heteroatoms. The monoisotopic (exact) mass is 448 g/mol. The van der Waals surface area contributed by atoms with Crippen molar-refractivity contribution < 1.29 is 9.59 Å². The van der Waals surface area contributed by atoms with E-state index < -0.39 is 0 Å². The van der Waals surface area contributed by atoms with Crippen molar-refractivity contribution in [3.05, 3.63) is 59.2 Å². The van der Waals surface area contributed by atoms with Gasteiger partial charge in [0.1, 0.15) is 0 Å². The molecule has 1 aliphatic carbocycles. The van der Waals surface area contributed by atoms with E-state index in [1.807, 2.05) is 18.2 Å². The Labute approximate surface area is 197 Å². The third-order valence-corrected chi connectivity index (χ3v) is 6.58. The fraction of sp³-hybridized carbons (Fsp3) is 0.481. The molecule has 1 aliphatic heterocycles. The minimum absolute atomic E-state index is 0.103. The number of anilines is 2. The summed E-state index contributed by atoms with van der Waals surface area (Å²) in [6, 6.07) is 14.2. The Bertz CT molecular complexity index is 982. The van der Waals surface area contributed by atoms with E-state index in [0.29, 0.717) is 23.7 Å². The first-order valence-electron chi connectivity index (χ1n) is 12.3. The summed E-state index contributed by atoms with van der Waals surface area (Å²) in [5.41, 5.74) is 4.82. The minimum atomic E-state index is -0.199. The van der Waals surface area contributed by atoms with Gasteiger partial charge in [0, 0.05) is 37.1 Å². The van der Waals surface area contributed by atoms with Gasteiger partial charge in [0.15, 0.2) is 0 Å². The molecule has 3 N–H and O–H groups in total. The van der Waals surface area contributed by atoms with E-state index in [0.717, 1.165) is 38.0 Å². The summed E-state index contributed by atoms with van der Waals surface area (Å²) in [5, 5.41) is 9.08. The molecule has 4 rings (SSSR count). The maximum absolute atomic E-state index is 13.1. The minimum Gasteiger partial charge on any atom is -0.366 e. The standard InChI is InChI=1S/C27H36N4O2/c1-19(2)17-28-26(32)24-16-23(30-27(33)29-22-10-4-3-5-11-22)12-13-25(24)31-15-14-20-8-6-7-9-21(20)18-31/h6-9,12-13,16,19,22H,3-5,10-11,14-15,17-18H2,1-2H3,(H,28,32)(H2,29,30,33). The molecule has 0 radical (unpaired) electrons. The van der Waals surface area contributed by atoms with Crippen molar-refractivity contribution >= 4 is 23.3 Å². The Kier molecular flexibility index (Phi) is 7.53. The van der Waals surface area contributed by atoms with Gasteiger partial charge in [0.25, 0.3) is 5.91 Å². The maximum Gasteiger partial charge on any atom is 0.319 e. The van der Waals surface area contributed by atoms with Crippen LogP contribution in [0.5, 0.6) is 0 Å². The number of carbonyl (C=O) groups excluding carboxylic acids is 2. The first-order chi connectivity index (χ1) is 16.0. The summed E-state index contributed by atoms with van der Waals surface area (Å²) < 4.78 is 0. The van der Waals surface area contributed by atoms with Crippen molar-refractivity contribution in [2.45, 2.75) is 65.0 Å². The summed E-state index contributed by atoms with van der Waals surface area (Å²) >= 11 is 0. The number of urea groups is 1. The topological polar surface area (TPSA) is 73.5 Å². The van der Waals surface area contributed by atoms with Crippen molar-refractivity contribution in [2.75, 3.05) is 23.3 Å². The van der Waals surface area contributed by atoms with Crippen LogP contribution in [0, 0.1) is 5.92 Å². The van der Waals surface area contributed by atoms with E-state index in [1.165, 1.54) is 30.4 Å². The molecule has 1 saturated carbocycles. The third-order valence-electron chi connectivity index (χ3n) is 6.58. The lowest BCUT2D eigenvalue weighted by atomic mass is 9.96. The normalized spacial score (nSPS) is 16.3. The lowest BCUT2D eigenvalue weighted by Gasteiger charge is -2.32. The molecule has 0 bridgehead atoms. The molecule has 33 heavy (non-hydrogen) atoms. The van der Waals surface area contributed by atoms with E-state index in [2.05, 4.69) is 59.0 Å². The van der Waals surface area contributed by atoms with Crippen molar-refractivity contribution in [2.24, 2.45) is 5.92 Å². The predicted molar refractivity (Wildman–Crippen MR) is 134 cm³/mol. The smallest absolute Gasteiger partial charge is 0.319 e. The van der Waals surface area contributed by atoms with Gasteiger partial charge in [0.2, 0.25) is 0 Å². The molecular weight excluding hydrogens is 412 g/mol. The summed E-state index contributed by atoms with van der Waals surface area (Å²) in [6.07, 6.45) is 6.60. The second-order valence-corrected chi connectivity index (χ2v) is 9.71. The van der Waals surface area contributed by atoms with Crippen LogP contribution >= 0.6 is 0 Å². The Morgan fingerprint density at radius 2 is 1.79 bits per heavy atom. The fourth-order valence-corrected chi connectivity index (χ4v) is 4.76. The van der Waals surface area contributed by atoms with Gasteiger partial charge in [-0.1, -0.05) is 57.4 Å². The van der Waals surface area contributed by atoms with Crippen molar-refractivity contribution in [3.8, 4) is 0 Å². The average Bonchev–Trinajstić information content (AvgIpc) is 2.82. The summed E-state index contributed by atoms with van der Waals surface area (Å²) in [6.45, 7) is 6.40. The molecule has 2 aromatic rings. The number of fused-ring (bicyclic) bond motifs is 1. The first-order valence-corrected chi connectivity index (χ1v) is 12.3. The molecule has 176 valence electrons. The number of amides is 3. The SMILES string of the molecule is CC(C)CNC(=O)c1cc(NC(=O)NC2CCCCC2)ccc1N1CCc2ccccc2C1. The van der Waals surface area contributed by atoms with E-state index in [1.54, 1.807) is 0 Å². The van der Waals surface area contributed by atoms with Crippen LogP contribution in [0.4, 0.5) is 16.2 Å². The molecule has 2 aliphatic rings. The molecule has 0 unspecified atom stereocenters. The van der Waals surface area contributed by atoms with E-state index >= 15 is 0 Å². The lowest BCUT2D eigenvalue weighted by molar-refractivity contribution is 0.0949. The zero-order valence-electron chi connectivity index (χ0n) is 19.8. The Balaban J connectivity index is 1.53. The van der Waals surface area contributed by atoms with Crippen LogP contribution in [0.15, 0.2) is 42.5 Å². The van der Waals surface area contributed by atoms with Crippen LogP contribution < -0.4 is 20.9 Å². The number of carbonyl (C=O) groups is 2. The predicted octanol–water partition coefficient (Wildman–Crippen LogP) is 5.09. The van der Waals surface area contributed by atoms with Crippen molar-refractivity contribution in [1.82, 2.24) is 10.6 Å². The first kappa shape index (κ1) is 23.1. The van der Waals surface area contributed by atoms with Crippen LogP contribution in [0.1, 0.15) is 67.4 Å². The highest BCUT2D eigenvalue weighted by molar-refractivity contribution is 6.02. The highest BCUT2D eigenvalue weighted by Crippen LogP contribution is 2.30. The summed E-state index contributed by atoms with van der Waals surface area (Å²) in [5.74, 6) is 0.260. The van der Waals surface area contributed by atoms with Gasteiger partial charge in [-0.05, 0) is 54.5 Å². The number of nitrogens with one attached hydrogen (secondary N) is 3. The molecule has 0 saturated heterocycles. The quantitative estimate of drug-likeness (QED) is 0.576. The average molecular weight is 449 g/mol. The van der Waals surface area contributed by atoms with Crippen LogP contribution in [0.2, 0.25) is 0 Å². The molecular formula is C27H36N4O2. The molecule has 6 nitrogen and oxygen atoms in total. The van der Waals surface area contributed by atoms with Gasteiger partial charge in [-0.2, -0.15) is 0 Å². The summed E-state index contributed by atoms with van der Waals surface area (Å²) in [4.78, 5) is 28.0. The number of hydrogen-bond acceptors (Lipinski definition) is 3. The second-order valence-electron chi connectivity index (χ2n) is 9.71. The van der Waals surface area contributed by atoms with Crippen LogP contribution in [0.25, 0.3) is 0 Å². The third kappa shape index (κ3) is 6.06. The lowest BCUT2D eigenvalue weighted by Crippen LogP contribution is -2.39. The van der Waals surface area contributed by atoms with Gasteiger partial charge < -0.3 is 20.9 Å². The van der Waals surface area contributed by atoms with Crippen molar-refractivity contribution in [3.63, 3.8) is 0 Å².